The number of carbonyl (C=O) groups excluding carboxylic acids is 1. The number of benzene rings is 1. The van der Waals surface area contributed by atoms with Crippen molar-refractivity contribution in [3.63, 3.8) is 0 Å². The van der Waals surface area contributed by atoms with Gasteiger partial charge in [-0.3, -0.25) is 10.1 Å². The number of anilines is 1. The Hall–Kier alpha value is -1.60. The normalized spacial score (nSPS) is 10.5. The summed E-state index contributed by atoms with van der Waals surface area (Å²) in [5, 5.41) is 3.40. The van der Waals surface area contributed by atoms with Crippen LogP contribution in [0.25, 0.3) is 0 Å². The molecular formula is C16H19BrN2O3S. The van der Waals surface area contributed by atoms with Gasteiger partial charge in [0.15, 0.2) is 16.6 Å². The van der Waals surface area contributed by atoms with Crippen LogP contribution in [0, 0.1) is 13.8 Å². The minimum atomic E-state index is -0.236. The molecule has 0 aliphatic carbocycles. The lowest BCUT2D eigenvalue weighted by molar-refractivity contribution is 0.102. The summed E-state index contributed by atoms with van der Waals surface area (Å²) in [5.41, 5.74) is 1.40. The molecule has 1 heterocycles. The molecule has 0 spiro atoms. The van der Waals surface area contributed by atoms with Gasteiger partial charge < -0.3 is 9.47 Å². The summed E-state index contributed by atoms with van der Waals surface area (Å²) >= 11 is 4.90. The lowest BCUT2D eigenvalue weighted by Crippen LogP contribution is -2.12. The van der Waals surface area contributed by atoms with E-state index in [1.807, 2.05) is 20.8 Å². The van der Waals surface area contributed by atoms with Gasteiger partial charge in [0.2, 0.25) is 0 Å². The van der Waals surface area contributed by atoms with Crippen LogP contribution in [0.4, 0.5) is 5.13 Å². The molecule has 0 fully saturated rings. The summed E-state index contributed by atoms with van der Waals surface area (Å²) in [7, 11) is 1.55. The van der Waals surface area contributed by atoms with Gasteiger partial charge >= 0.3 is 0 Å². The second kappa shape index (κ2) is 7.79. The Morgan fingerprint density at radius 3 is 2.70 bits per heavy atom. The second-order valence-electron chi connectivity index (χ2n) is 4.95. The zero-order valence-electron chi connectivity index (χ0n) is 13.5. The van der Waals surface area contributed by atoms with Crippen molar-refractivity contribution in [3.05, 3.63) is 32.7 Å². The number of rotatable bonds is 6. The average molecular weight is 399 g/mol. The molecule has 7 heteroatoms. The lowest BCUT2D eigenvalue weighted by atomic mass is 10.2. The first kappa shape index (κ1) is 17.7. The van der Waals surface area contributed by atoms with Crippen molar-refractivity contribution in [1.82, 2.24) is 4.98 Å². The maximum atomic E-state index is 12.4. The fourth-order valence-electron chi connectivity index (χ4n) is 1.89. The van der Waals surface area contributed by atoms with Gasteiger partial charge in [-0.2, -0.15) is 0 Å². The molecule has 2 rings (SSSR count). The summed E-state index contributed by atoms with van der Waals surface area (Å²) in [6, 6.07) is 3.38. The molecule has 0 saturated heterocycles. The van der Waals surface area contributed by atoms with E-state index in [0.717, 1.165) is 17.0 Å². The van der Waals surface area contributed by atoms with Crippen molar-refractivity contribution in [2.45, 2.75) is 27.2 Å². The van der Waals surface area contributed by atoms with Crippen LogP contribution in [0.15, 0.2) is 16.6 Å². The Kier molecular flexibility index (Phi) is 6.01. The molecule has 23 heavy (non-hydrogen) atoms. The molecule has 124 valence electrons. The number of methoxy groups -OCH3 is 1. The molecule has 1 N–H and O–H groups in total. The van der Waals surface area contributed by atoms with E-state index in [9.17, 15) is 4.79 Å². The molecule has 0 atom stereocenters. The van der Waals surface area contributed by atoms with Crippen molar-refractivity contribution in [2.24, 2.45) is 0 Å². The zero-order valence-corrected chi connectivity index (χ0v) is 15.9. The molecule has 0 radical (unpaired) electrons. The van der Waals surface area contributed by atoms with Crippen LogP contribution in [-0.2, 0) is 0 Å². The number of aryl methyl sites for hydroxylation is 2. The number of hydrogen-bond donors (Lipinski definition) is 1. The number of halogens is 1. The largest absolute Gasteiger partial charge is 0.493 e. The highest BCUT2D eigenvalue weighted by molar-refractivity contribution is 9.10. The molecule has 1 aromatic carbocycles. The molecule has 0 aliphatic heterocycles. The molecular weight excluding hydrogens is 380 g/mol. The number of amides is 1. The zero-order chi connectivity index (χ0) is 17.0. The lowest BCUT2D eigenvalue weighted by Gasteiger charge is -2.13. The van der Waals surface area contributed by atoms with Crippen molar-refractivity contribution in [2.75, 3.05) is 19.0 Å². The number of hydrogen-bond acceptors (Lipinski definition) is 5. The van der Waals surface area contributed by atoms with Crippen molar-refractivity contribution >= 4 is 38.3 Å². The smallest absolute Gasteiger partial charge is 0.257 e. The Labute approximate surface area is 148 Å². The summed E-state index contributed by atoms with van der Waals surface area (Å²) in [4.78, 5) is 17.8. The fraction of sp³-hybridized carbons (Fsp3) is 0.375. The van der Waals surface area contributed by atoms with E-state index >= 15 is 0 Å². The number of ether oxygens (including phenoxy) is 2. The van der Waals surface area contributed by atoms with Gasteiger partial charge in [0.25, 0.3) is 5.91 Å². The van der Waals surface area contributed by atoms with Crippen LogP contribution in [0.3, 0.4) is 0 Å². The van der Waals surface area contributed by atoms with Gasteiger partial charge in [-0.25, -0.2) is 4.98 Å². The van der Waals surface area contributed by atoms with E-state index in [0.29, 0.717) is 33.3 Å². The number of carbonyl (C=O) groups is 1. The van der Waals surface area contributed by atoms with E-state index < -0.39 is 0 Å². The van der Waals surface area contributed by atoms with Gasteiger partial charge in [-0.05, 0) is 48.3 Å². The minimum absolute atomic E-state index is 0.236. The number of nitrogens with zero attached hydrogens (tertiary/aromatic N) is 1. The standard InChI is InChI=1S/C16H19BrN2O3S/c1-5-6-22-14-12(17)7-11(8-13(14)21-4)15(20)19-16-18-9(2)10(3)23-16/h7-8H,5-6H2,1-4H3,(H,18,19,20). The van der Waals surface area contributed by atoms with Crippen LogP contribution < -0.4 is 14.8 Å². The van der Waals surface area contributed by atoms with E-state index in [1.165, 1.54) is 11.3 Å². The fourth-order valence-corrected chi connectivity index (χ4v) is 3.26. The number of aromatic nitrogens is 1. The highest BCUT2D eigenvalue weighted by Gasteiger charge is 2.17. The van der Waals surface area contributed by atoms with E-state index in [4.69, 9.17) is 9.47 Å². The summed E-state index contributed by atoms with van der Waals surface area (Å²) < 4.78 is 11.7. The predicted molar refractivity (Wildman–Crippen MR) is 96.0 cm³/mol. The Balaban J connectivity index is 2.24. The molecule has 1 aromatic heterocycles. The Morgan fingerprint density at radius 2 is 2.13 bits per heavy atom. The van der Waals surface area contributed by atoms with Gasteiger partial charge in [0, 0.05) is 10.4 Å². The van der Waals surface area contributed by atoms with Gasteiger partial charge in [-0.15, -0.1) is 11.3 Å². The third-order valence-electron chi connectivity index (χ3n) is 3.19. The number of thiazole rings is 1. The third kappa shape index (κ3) is 4.23. The molecule has 0 aliphatic rings. The summed E-state index contributed by atoms with van der Waals surface area (Å²) in [6.07, 6.45) is 0.889. The monoisotopic (exact) mass is 398 g/mol. The summed E-state index contributed by atoms with van der Waals surface area (Å²) in [5.74, 6) is 0.885. The van der Waals surface area contributed by atoms with Crippen LogP contribution in [0.2, 0.25) is 0 Å². The Morgan fingerprint density at radius 1 is 1.39 bits per heavy atom. The van der Waals surface area contributed by atoms with Crippen LogP contribution >= 0.6 is 27.3 Å². The molecule has 5 nitrogen and oxygen atoms in total. The van der Waals surface area contributed by atoms with Crippen LogP contribution in [-0.4, -0.2) is 24.6 Å². The summed E-state index contributed by atoms with van der Waals surface area (Å²) in [6.45, 7) is 6.50. The predicted octanol–water partition coefficient (Wildman–Crippen LogP) is 4.57. The third-order valence-corrected chi connectivity index (χ3v) is 4.77. The quantitative estimate of drug-likeness (QED) is 0.773. The van der Waals surface area contributed by atoms with E-state index in [2.05, 4.69) is 26.2 Å². The van der Waals surface area contributed by atoms with Crippen molar-refractivity contribution < 1.29 is 14.3 Å². The molecule has 0 bridgehead atoms. The number of nitrogens with one attached hydrogen (secondary N) is 1. The molecule has 2 aromatic rings. The van der Waals surface area contributed by atoms with Crippen molar-refractivity contribution in [3.8, 4) is 11.5 Å². The highest BCUT2D eigenvalue weighted by Crippen LogP contribution is 2.37. The van der Waals surface area contributed by atoms with Gasteiger partial charge in [0.05, 0.1) is 23.9 Å². The minimum Gasteiger partial charge on any atom is -0.493 e. The maximum absolute atomic E-state index is 12.4. The first-order valence-corrected chi connectivity index (χ1v) is 8.83. The Bertz CT molecular complexity index is 696. The molecule has 1 amide bonds. The molecule has 0 unspecified atom stereocenters. The van der Waals surface area contributed by atoms with Crippen molar-refractivity contribution in [1.29, 1.82) is 0 Å². The molecule has 0 saturated carbocycles. The topological polar surface area (TPSA) is 60.5 Å². The van der Waals surface area contributed by atoms with Gasteiger partial charge in [-0.1, -0.05) is 6.92 Å². The van der Waals surface area contributed by atoms with Crippen LogP contribution in [0.1, 0.15) is 34.3 Å². The average Bonchev–Trinajstić information content (AvgIpc) is 2.83. The first-order valence-electron chi connectivity index (χ1n) is 7.22. The maximum Gasteiger partial charge on any atom is 0.257 e. The van der Waals surface area contributed by atoms with Gasteiger partial charge in [0.1, 0.15) is 0 Å². The van der Waals surface area contributed by atoms with E-state index in [-0.39, 0.29) is 5.91 Å². The van der Waals surface area contributed by atoms with E-state index in [1.54, 1.807) is 19.2 Å². The first-order chi connectivity index (χ1) is 11.0. The second-order valence-corrected chi connectivity index (χ2v) is 7.01. The van der Waals surface area contributed by atoms with Crippen LogP contribution in [0.5, 0.6) is 11.5 Å². The highest BCUT2D eigenvalue weighted by atomic mass is 79.9. The SMILES string of the molecule is CCCOc1c(Br)cc(C(=O)Nc2nc(C)c(C)s2)cc1OC.